The van der Waals surface area contributed by atoms with Gasteiger partial charge in [-0.05, 0) is 88.8 Å². The summed E-state index contributed by atoms with van der Waals surface area (Å²) in [4.78, 5) is 39.0. The van der Waals surface area contributed by atoms with Crippen LogP contribution in [0.3, 0.4) is 0 Å². The molecule has 0 aromatic heterocycles. The van der Waals surface area contributed by atoms with Gasteiger partial charge < -0.3 is 4.74 Å². The average Bonchev–Trinajstić information content (AvgIpc) is 2.73. The van der Waals surface area contributed by atoms with Crippen LogP contribution in [0.25, 0.3) is 6.08 Å². The molecule has 1 fully saturated rings. The number of ether oxygens (including phenoxy) is 1. The van der Waals surface area contributed by atoms with Crippen molar-refractivity contribution in [2.75, 3.05) is 11.5 Å². The number of hydrogen-bond acceptors (Lipinski definition) is 5. The molecular formula is C24H20BrN3O4. The predicted octanol–water partition coefficient (Wildman–Crippen LogP) is 4.36. The molecule has 1 saturated heterocycles. The van der Waals surface area contributed by atoms with E-state index in [1.165, 1.54) is 6.08 Å². The minimum absolute atomic E-state index is 0.128. The zero-order valence-corrected chi connectivity index (χ0v) is 19.2. The van der Waals surface area contributed by atoms with E-state index in [-0.39, 0.29) is 12.2 Å². The number of barbiturate groups is 1. The lowest BCUT2D eigenvalue weighted by molar-refractivity contribution is -0.122. The smallest absolute Gasteiger partial charge is 0.335 e. The minimum atomic E-state index is -0.797. The molecule has 3 rings (SSSR count). The number of imide groups is 2. The molecule has 4 amide bonds. The van der Waals surface area contributed by atoms with Crippen LogP contribution in [0.2, 0.25) is 0 Å². The van der Waals surface area contributed by atoms with Gasteiger partial charge in [0.1, 0.15) is 17.4 Å². The van der Waals surface area contributed by atoms with E-state index in [2.05, 4.69) is 27.8 Å². The van der Waals surface area contributed by atoms with Crippen molar-refractivity contribution in [3.63, 3.8) is 0 Å². The van der Waals surface area contributed by atoms with Gasteiger partial charge in [-0.2, -0.15) is 5.26 Å². The molecule has 2 aromatic carbocycles. The first-order valence-electron chi connectivity index (χ1n) is 9.68. The molecular weight excluding hydrogens is 474 g/mol. The first-order valence-corrected chi connectivity index (χ1v) is 10.5. The monoisotopic (exact) mass is 493 g/mol. The Balaban J connectivity index is 2.04. The fourth-order valence-electron chi connectivity index (χ4n) is 3.25. The third kappa shape index (κ3) is 4.63. The molecule has 0 atom stereocenters. The number of aryl methyl sites for hydroxylation is 2. The van der Waals surface area contributed by atoms with Crippen molar-refractivity contribution in [3.8, 4) is 11.8 Å². The highest BCUT2D eigenvalue weighted by atomic mass is 79.9. The van der Waals surface area contributed by atoms with E-state index in [4.69, 9.17) is 10.00 Å². The van der Waals surface area contributed by atoms with Crippen LogP contribution in [0.4, 0.5) is 10.5 Å². The lowest BCUT2D eigenvalue weighted by Crippen LogP contribution is -2.54. The summed E-state index contributed by atoms with van der Waals surface area (Å²) in [6.45, 7) is 7.40. The third-order valence-electron chi connectivity index (χ3n) is 4.95. The summed E-state index contributed by atoms with van der Waals surface area (Å²) in [7, 11) is 0. The van der Waals surface area contributed by atoms with Crippen LogP contribution in [-0.2, 0) is 16.0 Å². The molecule has 162 valence electrons. The number of carbonyl (C=O) groups is 3. The van der Waals surface area contributed by atoms with Gasteiger partial charge >= 0.3 is 6.03 Å². The zero-order valence-electron chi connectivity index (χ0n) is 17.6. The summed E-state index contributed by atoms with van der Waals surface area (Å²) >= 11 is 3.42. The summed E-state index contributed by atoms with van der Waals surface area (Å²) in [5.41, 5.74) is 3.40. The van der Waals surface area contributed by atoms with Crippen LogP contribution in [0.1, 0.15) is 22.3 Å². The Morgan fingerprint density at radius 3 is 2.59 bits per heavy atom. The number of carbonyl (C=O) groups excluding carboxylic acids is 3. The molecule has 1 heterocycles. The summed E-state index contributed by atoms with van der Waals surface area (Å²) < 4.78 is 6.05. The van der Waals surface area contributed by atoms with Crippen LogP contribution in [0.15, 0.2) is 53.0 Å². The number of nitrogens with one attached hydrogen (secondary N) is 1. The van der Waals surface area contributed by atoms with Crippen molar-refractivity contribution in [3.05, 3.63) is 75.3 Å². The molecule has 0 bridgehead atoms. The van der Waals surface area contributed by atoms with E-state index in [9.17, 15) is 14.4 Å². The number of hydrogen-bond donors (Lipinski definition) is 1. The maximum Gasteiger partial charge on any atom is 0.335 e. The van der Waals surface area contributed by atoms with Crippen LogP contribution >= 0.6 is 15.9 Å². The molecule has 0 unspecified atom stereocenters. The SMILES string of the molecule is C=CCc1cc(/C=C2\C(=O)NC(=O)N(c3ccc(C)c(C)c3)C2=O)cc(Br)c1OCC#N. The zero-order chi connectivity index (χ0) is 23.4. The van der Waals surface area contributed by atoms with Crippen LogP contribution in [0, 0.1) is 25.2 Å². The first kappa shape index (κ1) is 23.0. The molecule has 8 heteroatoms. The Kier molecular flexibility index (Phi) is 6.91. The fourth-order valence-corrected chi connectivity index (χ4v) is 3.89. The van der Waals surface area contributed by atoms with E-state index in [1.807, 2.05) is 26.0 Å². The number of anilines is 1. The lowest BCUT2D eigenvalue weighted by Gasteiger charge is -2.27. The summed E-state index contributed by atoms with van der Waals surface area (Å²) in [5, 5.41) is 11.0. The number of nitrogens with zero attached hydrogens (tertiary/aromatic N) is 2. The fraction of sp³-hybridized carbons (Fsp3) is 0.167. The third-order valence-corrected chi connectivity index (χ3v) is 5.54. The number of urea groups is 1. The number of benzene rings is 2. The van der Waals surface area contributed by atoms with Crippen molar-refractivity contribution in [2.45, 2.75) is 20.3 Å². The first-order chi connectivity index (χ1) is 15.3. The molecule has 0 saturated carbocycles. The van der Waals surface area contributed by atoms with Crippen LogP contribution < -0.4 is 15.0 Å². The van der Waals surface area contributed by atoms with Gasteiger partial charge in [-0.1, -0.05) is 12.1 Å². The van der Waals surface area contributed by atoms with Gasteiger partial charge in [0, 0.05) is 0 Å². The van der Waals surface area contributed by atoms with Gasteiger partial charge in [-0.3, -0.25) is 14.9 Å². The lowest BCUT2D eigenvalue weighted by atomic mass is 10.0. The Bertz CT molecular complexity index is 1210. The van der Waals surface area contributed by atoms with Gasteiger partial charge in [-0.25, -0.2) is 9.69 Å². The summed E-state index contributed by atoms with van der Waals surface area (Å²) in [6, 6.07) is 9.73. The van der Waals surface area contributed by atoms with E-state index in [0.717, 1.165) is 21.6 Å². The molecule has 0 aliphatic carbocycles. The molecule has 32 heavy (non-hydrogen) atoms. The van der Waals surface area contributed by atoms with Gasteiger partial charge in [0.05, 0.1) is 10.2 Å². The van der Waals surface area contributed by atoms with Crippen molar-refractivity contribution >= 4 is 45.5 Å². The predicted molar refractivity (Wildman–Crippen MR) is 124 cm³/mol. The Morgan fingerprint density at radius 1 is 1.19 bits per heavy atom. The maximum absolute atomic E-state index is 13.1. The van der Waals surface area contributed by atoms with Crippen molar-refractivity contribution in [2.24, 2.45) is 0 Å². The highest BCUT2D eigenvalue weighted by Gasteiger charge is 2.37. The largest absolute Gasteiger partial charge is 0.477 e. The number of rotatable bonds is 6. The van der Waals surface area contributed by atoms with Gasteiger partial charge in [0.2, 0.25) is 0 Å². The van der Waals surface area contributed by atoms with E-state index < -0.39 is 17.8 Å². The molecule has 0 radical (unpaired) electrons. The standard InChI is InChI=1S/C24H20BrN3O4/c1-4-5-17-11-16(13-20(25)21(17)32-9-8-26)12-19-22(29)27-24(31)28(23(19)30)18-7-6-14(2)15(3)10-18/h4,6-7,10-13H,1,5,9H2,2-3H3,(H,27,29,31)/b19-12+. The number of allylic oxidation sites excluding steroid dienone is 1. The van der Waals surface area contributed by atoms with Crippen molar-refractivity contribution in [1.29, 1.82) is 5.26 Å². The Morgan fingerprint density at radius 2 is 1.94 bits per heavy atom. The normalized spacial score (nSPS) is 14.9. The minimum Gasteiger partial charge on any atom is -0.477 e. The topological polar surface area (TPSA) is 99.5 Å². The number of halogens is 1. The number of nitriles is 1. The van der Waals surface area contributed by atoms with Gasteiger partial charge in [0.25, 0.3) is 11.8 Å². The Hall–Kier alpha value is -3.70. The van der Waals surface area contributed by atoms with Crippen LogP contribution in [0.5, 0.6) is 5.75 Å². The van der Waals surface area contributed by atoms with Crippen LogP contribution in [-0.4, -0.2) is 24.5 Å². The van der Waals surface area contributed by atoms with E-state index in [1.54, 1.807) is 30.3 Å². The highest BCUT2D eigenvalue weighted by molar-refractivity contribution is 9.10. The second-order valence-corrected chi connectivity index (χ2v) is 8.01. The number of amides is 4. The Labute approximate surface area is 194 Å². The molecule has 1 aliphatic rings. The van der Waals surface area contributed by atoms with Crippen molar-refractivity contribution in [1.82, 2.24) is 5.32 Å². The quantitative estimate of drug-likeness (QED) is 0.366. The van der Waals surface area contributed by atoms with E-state index >= 15 is 0 Å². The molecule has 7 nitrogen and oxygen atoms in total. The summed E-state index contributed by atoms with van der Waals surface area (Å²) in [5.74, 6) is -1.00. The second kappa shape index (κ2) is 9.62. The van der Waals surface area contributed by atoms with Gasteiger partial charge in [0.15, 0.2) is 6.61 Å². The van der Waals surface area contributed by atoms with Gasteiger partial charge in [-0.15, -0.1) is 6.58 Å². The molecule has 1 N–H and O–H groups in total. The van der Waals surface area contributed by atoms with E-state index in [0.29, 0.717) is 27.9 Å². The highest BCUT2D eigenvalue weighted by Crippen LogP contribution is 2.33. The molecule has 0 spiro atoms. The second-order valence-electron chi connectivity index (χ2n) is 7.16. The average molecular weight is 494 g/mol. The molecule has 1 aliphatic heterocycles. The maximum atomic E-state index is 13.1. The molecule has 2 aromatic rings. The summed E-state index contributed by atoms with van der Waals surface area (Å²) in [6.07, 6.45) is 3.55. The van der Waals surface area contributed by atoms with Crippen molar-refractivity contribution < 1.29 is 19.1 Å².